The smallest absolute Gasteiger partial charge is 0.175 e. The fourth-order valence-electron chi connectivity index (χ4n) is 1.57. The molecule has 3 nitrogen and oxygen atoms in total. The van der Waals surface area contributed by atoms with Crippen molar-refractivity contribution in [1.82, 2.24) is 0 Å². The average Bonchev–Trinajstić information content (AvgIpc) is 2.44. The van der Waals surface area contributed by atoms with Crippen LogP contribution in [-0.4, -0.2) is 12.2 Å². The Morgan fingerprint density at radius 2 is 1.60 bits per heavy atom. The molecule has 20 heavy (non-hydrogen) atoms. The molecule has 0 spiro atoms. The van der Waals surface area contributed by atoms with Crippen LogP contribution in [0.3, 0.4) is 0 Å². The topological polar surface area (TPSA) is 33.3 Å². The quantitative estimate of drug-likeness (QED) is 0.793. The van der Waals surface area contributed by atoms with Gasteiger partial charge in [0.25, 0.3) is 0 Å². The second kappa shape index (κ2) is 6.79. The summed E-state index contributed by atoms with van der Waals surface area (Å²) in [5.74, 6) is 0.781. The van der Waals surface area contributed by atoms with Crippen molar-refractivity contribution in [1.29, 1.82) is 0 Å². The van der Waals surface area contributed by atoms with E-state index in [9.17, 15) is 0 Å². The molecule has 0 heterocycles. The molecule has 2 N–H and O–H groups in total. The third-order valence-electron chi connectivity index (χ3n) is 2.55. The molecule has 0 aliphatic rings. The Bertz CT molecular complexity index is 597. The molecule has 0 atom stereocenters. The molecule has 0 aliphatic heterocycles. The van der Waals surface area contributed by atoms with E-state index in [2.05, 4.69) is 10.6 Å². The lowest BCUT2D eigenvalue weighted by Gasteiger charge is -2.13. The predicted molar refractivity (Wildman–Crippen MR) is 89.3 cm³/mol. The molecule has 104 valence electrons. The summed E-state index contributed by atoms with van der Waals surface area (Å²) in [7, 11) is 1.62. The molecule has 0 amide bonds. The first-order chi connectivity index (χ1) is 9.60. The Balaban J connectivity index is 2.05. The molecule has 0 saturated heterocycles. The van der Waals surface area contributed by atoms with Gasteiger partial charge in [0.1, 0.15) is 5.75 Å². The van der Waals surface area contributed by atoms with Crippen LogP contribution in [0, 0.1) is 0 Å². The van der Waals surface area contributed by atoms with Gasteiger partial charge in [0, 0.05) is 5.69 Å². The summed E-state index contributed by atoms with van der Waals surface area (Å²) in [5.41, 5.74) is 1.42. The van der Waals surface area contributed by atoms with Gasteiger partial charge in [-0.3, -0.25) is 0 Å². The number of ether oxygens (including phenoxy) is 1. The summed E-state index contributed by atoms with van der Waals surface area (Å²) in [6.07, 6.45) is 0. The van der Waals surface area contributed by atoms with Crippen LogP contribution in [0.2, 0.25) is 10.0 Å². The lowest BCUT2D eigenvalue weighted by molar-refractivity contribution is 0.415. The van der Waals surface area contributed by atoms with Crippen molar-refractivity contribution < 1.29 is 4.74 Å². The molecular formula is C14H12Cl2N2OS. The van der Waals surface area contributed by atoms with Gasteiger partial charge in [0.15, 0.2) is 5.11 Å². The monoisotopic (exact) mass is 326 g/mol. The van der Waals surface area contributed by atoms with Crippen molar-refractivity contribution in [3.05, 3.63) is 52.5 Å². The number of para-hydroxylation sites is 1. The van der Waals surface area contributed by atoms with Gasteiger partial charge >= 0.3 is 0 Å². The van der Waals surface area contributed by atoms with E-state index in [0.717, 1.165) is 11.4 Å². The van der Waals surface area contributed by atoms with E-state index in [0.29, 0.717) is 20.8 Å². The number of benzene rings is 2. The molecule has 2 aromatic rings. The molecule has 2 aromatic carbocycles. The molecule has 6 heteroatoms. The minimum atomic E-state index is 0.408. The number of methoxy groups -OCH3 is 1. The highest BCUT2D eigenvalue weighted by molar-refractivity contribution is 7.80. The molecule has 0 bridgehead atoms. The van der Waals surface area contributed by atoms with E-state index >= 15 is 0 Å². The van der Waals surface area contributed by atoms with E-state index in [1.54, 1.807) is 25.3 Å². The number of halogens is 2. The van der Waals surface area contributed by atoms with Gasteiger partial charge in [-0.1, -0.05) is 29.3 Å². The summed E-state index contributed by atoms with van der Waals surface area (Å²) >= 11 is 17.4. The van der Waals surface area contributed by atoms with E-state index in [1.165, 1.54) is 0 Å². The number of anilines is 2. The highest BCUT2D eigenvalue weighted by Gasteiger charge is 2.07. The lowest BCUT2D eigenvalue weighted by Crippen LogP contribution is -2.19. The summed E-state index contributed by atoms with van der Waals surface area (Å²) in [4.78, 5) is 0. The van der Waals surface area contributed by atoms with E-state index in [-0.39, 0.29) is 0 Å². The maximum Gasteiger partial charge on any atom is 0.175 e. The Morgan fingerprint density at radius 3 is 2.15 bits per heavy atom. The highest BCUT2D eigenvalue weighted by atomic mass is 35.5. The molecule has 0 aromatic heterocycles. The third kappa shape index (κ3) is 3.76. The Hall–Kier alpha value is -1.49. The van der Waals surface area contributed by atoms with Crippen LogP contribution < -0.4 is 15.4 Å². The fourth-order valence-corrected chi connectivity index (χ4v) is 2.28. The second-order valence-corrected chi connectivity index (χ2v) is 5.13. The fraction of sp³-hybridized carbons (Fsp3) is 0.0714. The van der Waals surface area contributed by atoms with Crippen LogP contribution in [-0.2, 0) is 0 Å². The van der Waals surface area contributed by atoms with Crippen molar-refractivity contribution in [2.45, 2.75) is 0 Å². The maximum atomic E-state index is 6.07. The second-order valence-electron chi connectivity index (χ2n) is 3.90. The van der Waals surface area contributed by atoms with Crippen molar-refractivity contribution in [3.8, 4) is 5.75 Å². The van der Waals surface area contributed by atoms with Gasteiger partial charge in [-0.05, 0) is 48.6 Å². The summed E-state index contributed by atoms with van der Waals surface area (Å²) < 4.78 is 5.09. The summed E-state index contributed by atoms with van der Waals surface area (Å²) in [6, 6.07) is 12.7. The van der Waals surface area contributed by atoms with Crippen LogP contribution in [0.15, 0.2) is 42.5 Å². The minimum absolute atomic E-state index is 0.408. The zero-order valence-corrected chi connectivity index (χ0v) is 12.9. The standard InChI is InChI=1S/C14H12Cl2N2OS/c1-19-10-7-5-9(6-8-10)17-14(20)18-13-11(15)3-2-4-12(13)16/h2-8H,1H3,(H2,17,18,20). The Morgan fingerprint density at radius 1 is 1.00 bits per heavy atom. The summed E-state index contributed by atoms with van der Waals surface area (Å²) in [6.45, 7) is 0. The molecule has 0 aliphatic carbocycles. The number of nitrogens with one attached hydrogen (secondary N) is 2. The summed E-state index contributed by atoms with van der Waals surface area (Å²) in [5, 5.41) is 7.45. The van der Waals surface area contributed by atoms with Crippen LogP contribution in [0.4, 0.5) is 11.4 Å². The first-order valence-electron chi connectivity index (χ1n) is 5.76. The highest BCUT2D eigenvalue weighted by Crippen LogP contribution is 2.29. The van der Waals surface area contributed by atoms with Crippen LogP contribution in [0.25, 0.3) is 0 Å². The molecule has 0 saturated carbocycles. The van der Waals surface area contributed by atoms with Crippen molar-refractivity contribution in [2.24, 2.45) is 0 Å². The Kier molecular flexibility index (Phi) is 5.06. The number of rotatable bonds is 3. The average molecular weight is 327 g/mol. The van der Waals surface area contributed by atoms with Crippen LogP contribution >= 0.6 is 35.4 Å². The maximum absolute atomic E-state index is 6.07. The van der Waals surface area contributed by atoms with Gasteiger partial charge in [0.2, 0.25) is 0 Å². The van der Waals surface area contributed by atoms with Gasteiger partial charge in [-0.25, -0.2) is 0 Å². The third-order valence-corrected chi connectivity index (χ3v) is 3.38. The van der Waals surface area contributed by atoms with Crippen molar-refractivity contribution in [3.63, 3.8) is 0 Å². The molecular weight excluding hydrogens is 315 g/mol. The first-order valence-corrected chi connectivity index (χ1v) is 6.92. The van der Waals surface area contributed by atoms with Crippen LogP contribution in [0.5, 0.6) is 5.75 Å². The van der Waals surface area contributed by atoms with Gasteiger partial charge in [-0.15, -0.1) is 0 Å². The zero-order valence-electron chi connectivity index (χ0n) is 10.6. The largest absolute Gasteiger partial charge is 0.497 e. The molecule has 0 fully saturated rings. The van der Waals surface area contributed by atoms with Crippen molar-refractivity contribution >= 4 is 51.9 Å². The van der Waals surface area contributed by atoms with Gasteiger partial charge < -0.3 is 15.4 Å². The predicted octanol–water partition coefficient (Wildman–Crippen LogP) is 4.81. The molecule has 2 rings (SSSR count). The first kappa shape index (κ1) is 14.9. The minimum Gasteiger partial charge on any atom is -0.497 e. The SMILES string of the molecule is COc1ccc(NC(=S)Nc2c(Cl)cccc2Cl)cc1. The van der Waals surface area contributed by atoms with E-state index < -0.39 is 0 Å². The molecule has 0 radical (unpaired) electrons. The van der Waals surface area contributed by atoms with Crippen LogP contribution in [0.1, 0.15) is 0 Å². The van der Waals surface area contributed by atoms with Crippen molar-refractivity contribution in [2.75, 3.05) is 17.7 Å². The van der Waals surface area contributed by atoms with E-state index in [4.69, 9.17) is 40.2 Å². The molecule has 0 unspecified atom stereocenters. The van der Waals surface area contributed by atoms with Gasteiger partial charge in [-0.2, -0.15) is 0 Å². The number of hydrogen-bond donors (Lipinski definition) is 2. The zero-order chi connectivity index (χ0) is 14.5. The number of thiocarbonyl (C=S) groups is 1. The normalized spacial score (nSPS) is 9.95. The number of hydrogen-bond acceptors (Lipinski definition) is 2. The lowest BCUT2D eigenvalue weighted by atomic mass is 10.3. The Labute approximate surface area is 132 Å². The van der Waals surface area contributed by atoms with Gasteiger partial charge in [0.05, 0.1) is 22.8 Å². The van der Waals surface area contributed by atoms with E-state index in [1.807, 2.05) is 24.3 Å².